The van der Waals surface area contributed by atoms with Crippen LogP contribution in [-0.2, 0) is 18.4 Å². The number of unbranched alkanes of at least 4 members (excludes halogenated alkanes) is 1. The van der Waals surface area contributed by atoms with E-state index < -0.39 is 0 Å². The van der Waals surface area contributed by atoms with E-state index in [1.54, 1.807) is 4.68 Å². The van der Waals surface area contributed by atoms with Crippen molar-refractivity contribution in [2.45, 2.75) is 32.7 Å². The molecule has 1 amide bonds. The average molecular weight is 250 g/mol. The van der Waals surface area contributed by atoms with Gasteiger partial charge in [0, 0.05) is 20.0 Å². The van der Waals surface area contributed by atoms with Crippen LogP contribution < -0.4 is 11.5 Å². The van der Waals surface area contributed by atoms with Gasteiger partial charge < -0.3 is 11.5 Å². The number of nitrogen functional groups attached to an aromatic ring is 1. The number of anilines is 1. The molecule has 0 aliphatic rings. The third-order valence-corrected chi connectivity index (χ3v) is 2.97. The molecule has 0 radical (unpaired) electrons. The lowest BCUT2D eigenvalue weighted by molar-refractivity contribution is -0.118. The van der Waals surface area contributed by atoms with Crippen LogP contribution in [0.1, 0.15) is 25.0 Å². The van der Waals surface area contributed by atoms with Gasteiger partial charge in [0.2, 0.25) is 11.9 Å². The van der Waals surface area contributed by atoms with Crippen molar-refractivity contribution in [3.05, 3.63) is 5.69 Å². The summed E-state index contributed by atoms with van der Waals surface area (Å²) in [6.45, 7) is 2.63. The fourth-order valence-corrected chi connectivity index (χ4v) is 2.14. The zero-order valence-electron chi connectivity index (χ0n) is 10.7. The molecule has 0 aromatic carbocycles. The normalized spacial score (nSPS) is 11.2. The molecule has 7 nitrogen and oxygen atoms in total. The largest absolute Gasteiger partial charge is 0.370 e. The van der Waals surface area contributed by atoms with Crippen molar-refractivity contribution < 1.29 is 4.79 Å². The summed E-state index contributed by atoms with van der Waals surface area (Å²) in [6.07, 6.45) is 2.00. The molecule has 2 aromatic heterocycles. The number of aryl methyl sites for hydroxylation is 3. The van der Waals surface area contributed by atoms with E-state index in [1.165, 1.54) is 0 Å². The van der Waals surface area contributed by atoms with Gasteiger partial charge in [-0.3, -0.25) is 14.0 Å². The number of rotatable bonds is 5. The standard InChI is InChI=1S/C11H18N6O/c1-7-9-10(16(2)15-7)17(11(13)14-9)6-4-3-5-8(12)18/h3-6H2,1-2H3,(H2,12,18)(H2,13,14). The Morgan fingerprint density at radius 3 is 2.78 bits per heavy atom. The Bertz CT molecular complexity index is 582. The van der Waals surface area contributed by atoms with Crippen LogP contribution in [-0.4, -0.2) is 25.2 Å². The van der Waals surface area contributed by atoms with Gasteiger partial charge in [0.25, 0.3) is 0 Å². The molecule has 2 heterocycles. The number of amides is 1. The van der Waals surface area contributed by atoms with Gasteiger partial charge in [-0.05, 0) is 19.8 Å². The highest BCUT2D eigenvalue weighted by Gasteiger charge is 2.15. The number of aromatic nitrogens is 4. The van der Waals surface area contributed by atoms with Crippen molar-refractivity contribution in [2.24, 2.45) is 12.8 Å². The topological polar surface area (TPSA) is 105 Å². The first-order chi connectivity index (χ1) is 8.50. The van der Waals surface area contributed by atoms with Crippen molar-refractivity contribution in [3.63, 3.8) is 0 Å². The van der Waals surface area contributed by atoms with Crippen molar-refractivity contribution in [1.82, 2.24) is 19.3 Å². The predicted molar refractivity (Wildman–Crippen MR) is 68.7 cm³/mol. The number of hydrogen-bond acceptors (Lipinski definition) is 4. The number of carbonyl (C=O) groups is 1. The summed E-state index contributed by atoms with van der Waals surface area (Å²) in [4.78, 5) is 15.0. The van der Waals surface area contributed by atoms with E-state index >= 15 is 0 Å². The second-order valence-electron chi connectivity index (χ2n) is 4.43. The van der Waals surface area contributed by atoms with Gasteiger partial charge in [0.1, 0.15) is 5.52 Å². The molecule has 2 rings (SSSR count). The SMILES string of the molecule is Cc1nn(C)c2c1nc(N)n2CCCCC(N)=O. The fraction of sp³-hybridized carbons (Fsp3) is 0.545. The lowest BCUT2D eigenvalue weighted by atomic mass is 10.2. The summed E-state index contributed by atoms with van der Waals surface area (Å²) in [7, 11) is 1.87. The van der Waals surface area contributed by atoms with Crippen LogP contribution in [0, 0.1) is 6.92 Å². The van der Waals surface area contributed by atoms with Crippen LogP contribution in [0.2, 0.25) is 0 Å². The Labute approximate surface area is 105 Å². The minimum Gasteiger partial charge on any atom is -0.370 e. The number of fused-ring (bicyclic) bond motifs is 1. The van der Waals surface area contributed by atoms with Crippen LogP contribution >= 0.6 is 0 Å². The maximum atomic E-state index is 10.7. The summed E-state index contributed by atoms with van der Waals surface area (Å²) in [5.74, 6) is 0.218. The van der Waals surface area contributed by atoms with Gasteiger partial charge in [0.15, 0.2) is 5.65 Å². The monoisotopic (exact) mass is 250 g/mol. The number of carbonyl (C=O) groups excluding carboxylic acids is 1. The first-order valence-corrected chi connectivity index (χ1v) is 5.94. The molecule has 0 bridgehead atoms. The molecule has 2 aromatic rings. The van der Waals surface area contributed by atoms with Gasteiger partial charge in [-0.25, -0.2) is 4.98 Å². The molecule has 7 heteroatoms. The Balaban J connectivity index is 2.17. The highest BCUT2D eigenvalue weighted by molar-refractivity contribution is 5.77. The average Bonchev–Trinajstić information content (AvgIpc) is 2.74. The number of nitrogens with zero attached hydrogens (tertiary/aromatic N) is 4. The van der Waals surface area contributed by atoms with Crippen LogP contribution in [0.4, 0.5) is 5.95 Å². The van der Waals surface area contributed by atoms with Crippen LogP contribution in [0.3, 0.4) is 0 Å². The van der Waals surface area contributed by atoms with Gasteiger partial charge >= 0.3 is 0 Å². The first kappa shape index (κ1) is 12.4. The van der Waals surface area contributed by atoms with Crippen molar-refractivity contribution in [3.8, 4) is 0 Å². The first-order valence-electron chi connectivity index (χ1n) is 5.94. The third-order valence-electron chi connectivity index (χ3n) is 2.97. The lowest BCUT2D eigenvalue weighted by Crippen LogP contribution is -2.11. The second kappa shape index (κ2) is 4.67. The summed E-state index contributed by atoms with van der Waals surface area (Å²) < 4.78 is 3.71. The maximum Gasteiger partial charge on any atom is 0.217 e. The Morgan fingerprint density at radius 2 is 2.11 bits per heavy atom. The zero-order valence-corrected chi connectivity index (χ0v) is 10.7. The molecule has 4 N–H and O–H groups in total. The minimum atomic E-state index is -0.268. The van der Waals surface area contributed by atoms with Crippen molar-refractivity contribution >= 4 is 23.0 Å². The third kappa shape index (κ3) is 2.15. The molecule has 0 spiro atoms. The van der Waals surface area contributed by atoms with Gasteiger partial charge in [-0.2, -0.15) is 5.10 Å². The Hall–Kier alpha value is -2.05. The van der Waals surface area contributed by atoms with E-state index in [1.807, 2.05) is 18.5 Å². The minimum absolute atomic E-state index is 0.268. The Morgan fingerprint density at radius 1 is 1.39 bits per heavy atom. The summed E-state index contributed by atoms with van der Waals surface area (Å²) in [5.41, 5.74) is 13.6. The smallest absolute Gasteiger partial charge is 0.217 e. The number of hydrogen-bond donors (Lipinski definition) is 2. The molecule has 0 atom stereocenters. The van der Waals surface area contributed by atoms with Crippen LogP contribution in [0.15, 0.2) is 0 Å². The van der Waals surface area contributed by atoms with E-state index in [2.05, 4.69) is 10.1 Å². The van der Waals surface area contributed by atoms with E-state index in [-0.39, 0.29) is 5.91 Å². The molecule has 0 aliphatic heterocycles. The fourth-order valence-electron chi connectivity index (χ4n) is 2.14. The quantitative estimate of drug-likeness (QED) is 0.745. The molecule has 0 saturated heterocycles. The maximum absolute atomic E-state index is 10.7. The predicted octanol–water partition coefficient (Wildman–Crippen LogP) is 0.316. The Kier molecular flexibility index (Phi) is 3.22. The molecule has 98 valence electrons. The number of nitrogens with two attached hydrogens (primary N) is 2. The number of primary amides is 1. The molecule has 18 heavy (non-hydrogen) atoms. The second-order valence-corrected chi connectivity index (χ2v) is 4.43. The van der Waals surface area contributed by atoms with Crippen molar-refractivity contribution in [2.75, 3.05) is 5.73 Å². The molecular formula is C11H18N6O. The molecule has 0 unspecified atom stereocenters. The summed E-state index contributed by atoms with van der Waals surface area (Å²) in [5, 5.41) is 4.31. The van der Waals surface area contributed by atoms with E-state index in [4.69, 9.17) is 11.5 Å². The van der Waals surface area contributed by atoms with Crippen molar-refractivity contribution in [1.29, 1.82) is 0 Å². The summed E-state index contributed by atoms with van der Waals surface area (Å²) in [6, 6.07) is 0. The summed E-state index contributed by atoms with van der Waals surface area (Å²) >= 11 is 0. The zero-order chi connectivity index (χ0) is 13.3. The van der Waals surface area contributed by atoms with Crippen LogP contribution in [0.5, 0.6) is 0 Å². The van der Waals surface area contributed by atoms with E-state index in [9.17, 15) is 4.79 Å². The van der Waals surface area contributed by atoms with Crippen LogP contribution in [0.25, 0.3) is 11.2 Å². The van der Waals surface area contributed by atoms with E-state index in [0.717, 1.165) is 29.7 Å². The molecule has 0 aliphatic carbocycles. The lowest BCUT2D eigenvalue weighted by Gasteiger charge is -2.06. The van der Waals surface area contributed by atoms with E-state index in [0.29, 0.717) is 18.9 Å². The molecule has 0 fully saturated rings. The highest BCUT2D eigenvalue weighted by atomic mass is 16.1. The number of imidazole rings is 1. The molecule has 0 saturated carbocycles. The molecular weight excluding hydrogens is 232 g/mol. The van der Waals surface area contributed by atoms with Gasteiger partial charge in [-0.1, -0.05) is 0 Å². The van der Waals surface area contributed by atoms with Gasteiger partial charge in [0.05, 0.1) is 5.69 Å². The van der Waals surface area contributed by atoms with Gasteiger partial charge in [-0.15, -0.1) is 0 Å². The highest BCUT2D eigenvalue weighted by Crippen LogP contribution is 2.20.